The van der Waals surface area contributed by atoms with E-state index in [-0.39, 0.29) is 0 Å². The van der Waals surface area contributed by atoms with Gasteiger partial charge < -0.3 is 0 Å². The molecule has 2 aliphatic carbocycles. The molecule has 2 saturated carbocycles. The molecule has 0 amide bonds. The first-order chi connectivity index (χ1) is 5.90. The van der Waals surface area contributed by atoms with Crippen molar-refractivity contribution >= 4 is 0 Å². The quantitative estimate of drug-likeness (QED) is 0.524. The molecule has 0 spiro atoms. The van der Waals surface area contributed by atoms with Gasteiger partial charge in [0, 0.05) is 0 Å². The Bertz CT molecular complexity index is 155. The minimum Gasteiger partial charge on any atom is -0.103 e. The van der Waals surface area contributed by atoms with E-state index in [0.717, 1.165) is 17.8 Å². The summed E-state index contributed by atoms with van der Waals surface area (Å²) in [6.07, 6.45) is 12.5. The Balaban J connectivity index is 1.48. The summed E-state index contributed by atoms with van der Waals surface area (Å²) in [6, 6.07) is 0. The standard InChI is InChI=1S/C12H20/c1-2-4-11-9-12(11)6-3-5-10-7-8-10/h2,10-12H,1,3-9H2/t11-,12-/m1/s1. The fourth-order valence-electron chi connectivity index (χ4n) is 2.24. The Kier molecular flexibility index (Phi) is 2.53. The lowest BCUT2D eigenvalue weighted by atomic mass is 10.1. The molecule has 68 valence electrons. The highest BCUT2D eigenvalue weighted by Crippen LogP contribution is 2.45. The molecule has 2 rings (SSSR count). The maximum atomic E-state index is 3.79. The normalized spacial score (nSPS) is 33.3. The maximum absolute atomic E-state index is 3.79. The van der Waals surface area contributed by atoms with Crippen molar-refractivity contribution in [3.8, 4) is 0 Å². The summed E-state index contributed by atoms with van der Waals surface area (Å²) < 4.78 is 0. The van der Waals surface area contributed by atoms with Crippen LogP contribution in [0.5, 0.6) is 0 Å². The molecule has 0 unspecified atom stereocenters. The van der Waals surface area contributed by atoms with Gasteiger partial charge in [0.1, 0.15) is 0 Å². The van der Waals surface area contributed by atoms with E-state index < -0.39 is 0 Å². The van der Waals surface area contributed by atoms with Gasteiger partial charge in [-0.1, -0.05) is 38.2 Å². The van der Waals surface area contributed by atoms with E-state index in [1.54, 1.807) is 0 Å². The summed E-state index contributed by atoms with van der Waals surface area (Å²) in [4.78, 5) is 0. The van der Waals surface area contributed by atoms with Crippen LogP contribution in [0.1, 0.15) is 44.9 Å². The maximum Gasteiger partial charge on any atom is -0.0322 e. The summed E-state index contributed by atoms with van der Waals surface area (Å²) in [5, 5.41) is 0. The van der Waals surface area contributed by atoms with Gasteiger partial charge in [-0.05, 0) is 30.6 Å². The highest BCUT2D eigenvalue weighted by Gasteiger charge is 2.35. The molecule has 2 aliphatic rings. The van der Waals surface area contributed by atoms with E-state index in [1.807, 2.05) is 0 Å². The number of rotatable bonds is 6. The van der Waals surface area contributed by atoms with Gasteiger partial charge in [-0.2, -0.15) is 0 Å². The largest absolute Gasteiger partial charge is 0.103 e. The van der Waals surface area contributed by atoms with Crippen LogP contribution in [0, 0.1) is 17.8 Å². The van der Waals surface area contributed by atoms with Crippen molar-refractivity contribution in [2.75, 3.05) is 0 Å². The second-order valence-electron chi connectivity index (χ2n) is 4.65. The number of hydrogen-bond acceptors (Lipinski definition) is 0. The van der Waals surface area contributed by atoms with Crippen LogP contribution in [0.2, 0.25) is 0 Å². The smallest absolute Gasteiger partial charge is 0.0322 e. The molecule has 0 radical (unpaired) electrons. The SMILES string of the molecule is C=CC[C@@H]1C[C@H]1CCCC1CC1. The first kappa shape index (κ1) is 8.34. The Hall–Kier alpha value is -0.260. The molecule has 2 atom stereocenters. The van der Waals surface area contributed by atoms with Gasteiger partial charge in [0.25, 0.3) is 0 Å². The van der Waals surface area contributed by atoms with Gasteiger partial charge in [0.2, 0.25) is 0 Å². The molecule has 0 aromatic heterocycles. The van der Waals surface area contributed by atoms with Crippen molar-refractivity contribution in [2.45, 2.75) is 44.9 Å². The van der Waals surface area contributed by atoms with Crippen molar-refractivity contribution in [3.63, 3.8) is 0 Å². The molecule has 0 aliphatic heterocycles. The minimum atomic E-state index is 1.03. The second kappa shape index (κ2) is 3.64. The van der Waals surface area contributed by atoms with E-state index >= 15 is 0 Å². The zero-order chi connectivity index (χ0) is 8.39. The fourth-order valence-corrected chi connectivity index (χ4v) is 2.24. The van der Waals surface area contributed by atoms with Crippen molar-refractivity contribution in [2.24, 2.45) is 17.8 Å². The Labute approximate surface area is 76.1 Å². The van der Waals surface area contributed by atoms with E-state index in [4.69, 9.17) is 0 Å². The minimum absolute atomic E-state index is 1.03. The third-order valence-corrected chi connectivity index (χ3v) is 3.42. The lowest BCUT2D eigenvalue weighted by Gasteiger charge is -1.97. The molecular formula is C12H20. The van der Waals surface area contributed by atoms with Crippen molar-refractivity contribution in [1.29, 1.82) is 0 Å². The van der Waals surface area contributed by atoms with Gasteiger partial charge in [0.15, 0.2) is 0 Å². The molecule has 0 heteroatoms. The third-order valence-electron chi connectivity index (χ3n) is 3.42. The second-order valence-corrected chi connectivity index (χ2v) is 4.65. The van der Waals surface area contributed by atoms with Crippen LogP contribution in [0.3, 0.4) is 0 Å². The lowest BCUT2D eigenvalue weighted by Crippen LogP contribution is -1.84. The van der Waals surface area contributed by atoms with E-state index in [1.165, 1.54) is 44.9 Å². The Morgan fingerprint density at radius 3 is 2.67 bits per heavy atom. The summed E-state index contributed by atoms with van der Waals surface area (Å²) in [7, 11) is 0. The molecular weight excluding hydrogens is 144 g/mol. The molecule has 0 saturated heterocycles. The highest BCUT2D eigenvalue weighted by atomic mass is 14.4. The van der Waals surface area contributed by atoms with Crippen molar-refractivity contribution in [3.05, 3.63) is 12.7 Å². The van der Waals surface area contributed by atoms with Crippen LogP contribution in [0.15, 0.2) is 12.7 Å². The average molecular weight is 164 g/mol. The summed E-state index contributed by atoms with van der Waals surface area (Å²) in [5.74, 6) is 3.25. The Morgan fingerprint density at radius 2 is 2.00 bits per heavy atom. The van der Waals surface area contributed by atoms with Crippen LogP contribution in [0.25, 0.3) is 0 Å². The van der Waals surface area contributed by atoms with E-state index in [2.05, 4.69) is 12.7 Å². The van der Waals surface area contributed by atoms with Crippen molar-refractivity contribution < 1.29 is 0 Å². The topological polar surface area (TPSA) is 0 Å². The fraction of sp³-hybridized carbons (Fsp3) is 0.833. The van der Waals surface area contributed by atoms with Crippen LogP contribution >= 0.6 is 0 Å². The van der Waals surface area contributed by atoms with Gasteiger partial charge in [0.05, 0.1) is 0 Å². The summed E-state index contributed by atoms with van der Waals surface area (Å²) in [5.41, 5.74) is 0. The van der Waals surface area contributed by atoms with Gasteiger partial charge >= 0.3 is 0 Å². The summed E-state index contributed by atoms with van der Waals surface area (Å²) >= 11 is 0. The van der Waals surface area contributed by atoms with Crippen LogP contribution in [0.4, 0.5) is 0 Å². The first-order valence-corrected chi connectivity index (χ1v) is 5.51. The molecule has 12 heavy (non-hydrogen) atoms. The summed E-state index contributed by atoms with van der Waals surface area (Å²) in [6.45, 7) is 3.79. The third kappa shape index (κ3) is 2.36. The van der Waals surface area contributed by atoms with Crippen molar-refractivity contribution in [1.82, 2.24) is 0 Å². The molecule has 2 fully saturated rings. The predicted octanol–water partition coefficient (Wildman–Crippen LogP) is 3.78. The molecule has 0 nitrogen and oxygen atoms in total. The molecule has 0 heterocycles. The van der Waals surface area contributed by atoms with Gasteiger partial charge in [-0.25, -0.2) is 0 Å². The van der Waals surface area contributed by atoms with E-state index in [0.29, 0.717) is 0 Å². The van der Waals surface area contributed by atoms with E-state index in [9.17, 15) is 0 Å². The molecule has 0 bridgehead atoms. The van der Waals surface area contributed by atoms with Crippen LogP contribution < -0.4 is 0 Å². The monoisotopic (exact) mass is 164 g/mol. The molecule has 0 aromatic carbocycles. The Morgan fingerprint density at radius 1 is 1.17 bits per heavy atom. The zero-order valence-electron chi connectivity index (χ0n) is 7.97. The van der Waals surface area contributed by atoms with Gasteiger partial charge in [-0.3, -0.25) is 0 Å². The number of allylic oxidation sites excluding steroid dienone is 1. The zero-order valence-corrected chi connectivity index (χ0v) is 7.97. The molecule has 0 aromatic rings. The lowest BCUT2D eigenvalue weighted by molar-refractivity contribution is 0.564. The average Bonchev–Trinajstić information content (AvgIpc) is 2.88. The predicted molar refractivity (Wildman–Crippen MR) is 53.0 cm³/mol. The van der Waals surface area contributed by atoms with Crippen LogP contribution in [-0.2, 0) is 0 Å². The number of hydrogen-bond donors (Lipinski definition) is 0. The van der Waals surface area contributed by atoms with Gasteiger partial charge in [-0.15, -0.1) is 6.58 Å². The molecule has 0 N–H and O–H groups in total. The van der Waals surface area contributed by atoms with Crippen LogP contribution in [-0.4, -0.2) is 0 Å². The first-order valence-electron chi connectivity index (χ1n) is 5.51. The highest BCUT2D eigenvalue weighted by molar-refractivity contribution is 4.90.